The first-order chi connectivity index (χ1) is 9.11. The van der Waals surface area contributed by atoms with Gasteiger partial charge >= 0.3 is 0 Å². The maximum atomic E-state index is 11.9. The topological polar surface area (TPSA) is 110 Å². The Morgan fingerprint density at radius 1 is 1.58 bits per heavy atom. The van der Waals surface area contributed by atoms with E-state index in [2.05, 4.69) is 20.5 Å². The highest BCUT2D eigenvalue weighted by atomic mass is 16.4. The van der Waals surface area contributed by atoms with Crippen molar-refractivity contribution in [3.05, 3.63) is 29.2 Å². The van der Waals surface area contributed by atoms with E-state index in [0.717, 1.165) is 18.5 Å². The molecule has 0 atom stereocenters. The largest absolute Gasteiger partial charge is 0.444 e. The molecule has 0 bridgehead atoms. The molecule has 0 saturated heterocycles. The van der Waals surface area contributed by atoms with Gasteiger partial charge in [-0.2, -0.15) is 5.10 Å². The van der Waals surface area contributed by atoms with Gasteiger partial charge in [0.15, 0.2) is 5.69 Å². The molecule has 0 spiro atoms. The third kappa shape index (κ3) is 2.93. The van der Waals surface area contributed by atoms with Crippen molar-refractivity contribution in [1.29, 1.82) is 0 Å². The Labute approximate surface area is 110 Å². The van der Waals surface area contributed by atoms with Crippen molar-refractivity contribution in [2.45, 2.75) is 33.2 Å². The number of hydrogen-bond acceptors (Lipinski definition) is 5. The Kier molecular flexibility index (Phi) is 3.84. The lowest BCUT2D eigenvalue weighted by atomic mass is 10.2. The zero-order valence-electron chi connectivity index (χ0n) is 11.0. The summed E-state index contributed by atoms with van der Waals surface area (Å²) in [5.74, 6) is 0.814. The number of aromatic amines is 1. The Morgan fingerprint density at radius 3 is 3.00 bits per heavy atom. The molecule has 2 rings (SSSR count). The fourth-order valence-corrected chi connectivity index (χ4v) is 1.72. The first-order valence-corrected chi connectivity index (χ1v) is 6.14. The number of carbonyl (C=O) groups is 1. The predicted molar refractivity (Wildman–Crippen MR) is 69.4 cm³/mol. The van der Waals surface area contributed by atoms with Gasteiger partial charge in [-0.1, -0.05) is 13.3 Å². The summed E-state index contributed by atoms with van der Waals surface area (Å²) in [6.45, 7) is 4.04. The minimum atomic E-state index is -0.341. The molecule has 4 N–H and O–H groups in total. The van der Waals surface area contributed by atoms with Crippen LogP contribution in [-0.2, 0) is 13.0 Å². The second kappa shape index (κ2) is 5.55. The van der Waals surface area contributed by atoms with E-state index in [-0.39, 0.29) is 18.1 Å². The number of carbonyl (C=O) groups excluding carboxylic acids is 1. The number of amides is 1. The summed E-state index contributed by atoms with van der Waals surface area (Å²) in [7, 11) is 0. The first kappa shape index (κ1) is 13.1. The monoisotopic (exact) mass is 263 g/mol. The van der Waals surface area contributed by atoms with Crippen molar-refractivity contribution >= 4 is 11.6 Å². The number of hydrogen-bond donors (Lipinski definition) is 3. The third-order valence-electron chi connectivity index (χ3n) is 2.67. The van der Waals surface area contributed by atoms with Crippen molar-refractivity contribution in [2.24, 2.45) is 0 Å². The number of nitrogens with two attached hydrogens (primary N) is 1. The Morgan fingerprint density at radius 2 is 2.37 bits per heavy atom. The van der Waals surface area contributed by atoms with Gasteiger partial charge in [0, 0.05) is 0 Å². The molecule has 0 aliphatic rings. The highest BCUT2D eigenvalue weighted by molar-refractivity contribution is 5.97. The van der Waals surface area contributed by atoms with Gasteiger partial charge in [0.2, 0.25) is 5.89 Å². The van der Waals surface area contributed by atoms with E-state index in [1.807, 2.05) is 6.92 Å². The van der Waals surface area contributed by atoms with E-state index in [1.54, 1.807) is 13.1 Å². The highest BCUT2D eigenvalue weighted by Crippen LogP contribution is 2.15. The van der Waals surface area contributed by atoms with Crippen LogP contribution in [-0.4, -0.2) is 21.1 Å². The number of rotatable bonds is 5. The third-order valence-corrected chi connectivity index (χ3v) is 2.67. The molecule has 2 aromatic rings. The summed E-state index contributed by atoms with van der Waals surface area (Å²) in [5, 5.41) is 9.39. The molecule has 0 radical (unpaired) electrons. The molecule has 102 valence electrons. The van der Waals surface area contributed by atoms with E-state index >= 15 is 0 Å². The Bertz CT molecular complexity index is 572. The van der Waals surface area contributed by atoms with Crippen LogP contribution in [0.25, 0.3) is 0 Å². The standard InChI is InChI=1S/C12H17N5O2/c1-3-4-8-10(13)11(17-16-8)12(18)15-6-9-14-5-7(2)19-9/h5H,3-4,6,13H2,1-2H3,(H,15,18)(H,16,17). The fraction of sp³-hybridized carbons (Fsp3) is 0.417. The minimum absolute atomic E-state index is 0.210. The summed E-state index contributed by atoms with van der Waals surface area (Å²) in [6.07, 6.45) is 3.30. The molecule has 0 unspecified atom stereocenters. The van der Waals surface area contributed by atoms with E-state index < -0.39 is 0 Å². The van der Waals surface area contributed by atoms with E-state index in [1.165, 1.54) is 0 Å². The number of oxazole rings is 1. The Balaban J connectivity index is 2.00. The number of nitrogens with zero attached hydrogens (tertiary/aromatic N) is 2. The smallest absolute Gasteiger partial charge is 0.274 e. The normalized spacial score (nSPS) is 10.6. The number of aryl methyl sites for hydroxylation is 2. The first-order valence-electron chi connectivity index (χ1n) is 6.14. The lowest BCUT2D eigenvalue weighted by Gasteiger charge is -2.01. The zero-order chi connectivity index (χ0) is 13.8. The summed E-state index contributed by atoms with van der Waals surface area (Å²) in [4.78, 5) is 15.9. The lowest BCUT2D eigenvalue weighted by molar-refractivity contribution is 0.0943. The van der Waals surface area contributed by atoms with Crippen LogP contribution < -0.4 is 11.1 Å². The van der Waals surface area contributed by atoms with Gasteiger partial charge in [-0.3, -0.25) is 9.89 Å². The SMILES string of the molecule is CCCc1[nH]nc(C(=O)NCc2ncc(C)o2)c1N. The zero-order valence-corrected chi connectivity index (χ0v) is 11.0. The molecule has 0 aliphatic heterocycles. The van der Waals surface area contributed by atoms with E-state index in [0.29, 0.717) is 17.3 Å². The van der Waals surface area contributed by atoms with Gasteiger partial charge in [0.1, 0.15) is 5.76 Å². The predicted octanol–water partition coefficient (Wildman–Crippen LogP) is 1.17. The minimum Gasteiger partial charge on any atom is -0.444 e. The van der Waals surface area contributed by atoms with Crippen LogP contribution in [0, 0.1) is 6.92 Å². The lowest BCUT2D eigenvalue weighted by Crippen LogP contribution is -2.24. The second-order valence-electron chi connectivity index (χ2n) is 4.26. The van der Waals surface area contributed by atoms with Crippen LogP contribution in [0.4, 0.5) is 5.69 Å². The van der Waals surface area contributed by atoms with Crippen molar-refractivity contribution in [1.82, 2.24) is 20.5 Å². The number of H-pyrrole nitrogens is 1. The number of nitrogen functional groups attached to an aromatic ring is 1. The molecule has 0 aliphatic carbocycles. The van der Waals surface area contributed by atoms with Gasteiger partial charge < -0.3 is 15.5 Å². The molecule has 2 aromatic heterocycles. The molecule has 7 heteroatoms. The van der Waals surface area contributed by atoms with Gasteiger partial charge in [-0.25, -0.2) is 4.98 Å². The number of nitrogens with one attached hydrogen (secondary N) is 2. The van der Waals surface area contributed by atoms with Crippen LogP contribution in [0.15, 0.2) is 10.6 Å². The van der Waals surface area contributed by atoms with Crippen LogP contribution in [0.3, 0.4) is 0 Å². The second-order valence-corrected chi connectivity index (χ2v) is 4.26. The highest BCUT2D eigenvalue weighted by Gasteiger charge is 2.17. The van der Waals surface area contributed by atoms with Gasteiger partial charge in [0.05, 0.1) is 24.1 Å². The van der Waals surface area contributed by atoms with Gasteiger partial charge in [-0.05, 0) is 13.3 Å². The van der Waals surface area contributed by atoms with Crippen LogP contribution in [0.2, 0.25) is 0 Å². The molecule has 7 nitrogen and oxygen atoms in total. The summed E-state index contributed by atoms with van der Waals surface area (Å²) in [6, 6.07) is 0. The molecule has 0 aromatic carbocycles. The van der Waals surface area contributed by atoms with Crippen LogP contribution in [0.5, 0.6) is 0 Å². The number of aromatic nitrogens is 3. The quantitative estimate of drug-likeness (QED) is 0.750. The Hall–Kier alpha value is -2.31. The van der Waals surface area contributed by atoms with Crippen molar-refractivity contribution in [3.63, 3.8) is 0 Å². The summed E-state index contributed by atoms with van der Waals surface area (Å²) >= 11 is 0. The summed E-state index contributed by atoms with van der Waals surface area (Å²) < 4.78 is 5.26. The molecule has 19 heavy (non-hydrogen) atoms. The average Bonchev–Trinajstić information content (AvgIpc) is 2.95. The van der Waals surface area contributed by atoms with Crippen molar-refractivity contribution in [2.75, 3.05) is 5.73 Å². The maximum absolute atomic E-state index is 11.9. The summed E-state index contributed by atoms with van der Waals surface area (Å²) in [5.41, 5.74) is 7.28. The molecule has 0 saturated carbocycles. The van der Waals surface area contributed by atoms with E-state index in [4.69, 9.17) is 10.2 Å². The fourth-order valence-electron chi connectivity index (χ4n) is 1.72. The molecular formula is C12H17N5O2. The van der Waals surface area contributed by atoms with Crippen molar-refractivity contribution < 1.29 is 9.21 Å². The molecule has 1 amide bonds. The van der Waals surface area contributed by atoms with Crippen LogP contribution >= 0.6 is 0 Å². The average molecular weight is 263 g/mol. The number of anilines is 1. The van der Waals surface area contributed by atoms with Gasteiger partial charge in [0.25, 0.3) is 5.91 Å². The van der Waals surface area contributed by atoms with Crippen LogP contribution in [0.1, 0.15) is 41.2 Å². The maximum Gasteiger partial charge on any atom is 0.274 e. The van der Waals surface area contributed by atoms with E-state index in [9.17, 15) is 4.79 Å². The molecular weight excluding hydrogens is 246 g/mol. The van der Waals surface area contributed by atoms with Crippen molar-refractivity contribution in [3.8, 4) is 0 Å². The molecule has 2 heterocycles. The molecule has 0 fully saturated rings. The van der Waals surface area contributed by atoms with Gasteiger partial charge in [-0.15, -0.1) is 0 Å².